The highest BCUT2D eigenvalue weighted by Gasteiger charge is 2.11. The van der Waals surface area contributed by atoms with E-state index in [1.807, 2.05) is 0 Å². The quantitative estimate of drug-likeness (QED) is 0.643. The molecule has 1 aromatic heterocycles. The van der Waals surface area contributed by atoms with Gasteiger partial charge in [0.15, 0.2) is 0 Å². The summed E-state index contributed by atoms with van der Waals surface area (Å²) in [6.45, 7) is 0. The molecule has 2 aromatic carbocycles. The van der Waals surface area contributed by atoms with Crippen LogP contribution in [0.15, 0.2) is 47.3 Å². The number of phenols is 2. The molecule has 0 aliphatic carbocycles. The van der Waals surface area contributed by atoms with Crippen LogP contribution in [-0.2, 0) is 0 Å². The molecule has 0 unspecified atom stereocenters. The van der Waals surface area contributed by atoms with E-state index in [0.29, 0.717) is 27.1 Å². The summed E-state index contributed by atoms with van der Waals surface area (Å²) >= 11 is 6.33. The van der Waals surface area contributed by atoms with Crippen LogP contribution in [0.1, 0.15) is 0 Å². The van der Waals surface area contributed by atoms with E-state index in [0.717, 1.165) is 0 Å². The van der Waals surface area contributed by atoms with E-state index >= 15 is 0 Å². The first-order valence-corrected chi connectivity index (χ1v) is 6.28. The average molecular weight is 288 g/mol. The Bertz CT molecular complexity index is 853. The third kappa shape index (κ3) is 2.00. The van der Waals surface area contributed by atoms with E-state index in [-0.39, 0.29) is 17.1 Å². The molecular formula is C15H10ClNO3. The molecule has 3 rings (SSSR count). The lowest BCUT2D eigenvalue weighted by Crippen LogP contribution is -2.08. The van der Waals surface area contributed by atoms with Crippen molar-refractivity contribution in [1.82, 2.24) is 4.98 Å². The average Bonchev–Trinajstić information content (AvgIpc) is 2.44. The first-order chi connectivity index (χ1) is 9.56. The van der Waals surface area contributed by atoms with Crippen molar-refractivity contribution >= 4 is 22.4 Å². The summed E-state index contributed by atoms with van der Waals surface area (Å²) < 4.78 is 0. The Morgan fingerprint density at radius 1 is 0.900 bits per heavy atom. The molecule has 0 aliphatic rings. The van der Waals surface area contributed by atoms with Gasteiger partial charge in [0.05, 0.1) is 16.1 Å². The molecule has 3 N–H and O–H groups in total. The molecule has 100 valence electrons. The predicted molar refractivity (Wildman–Crippen MR) is 78.3 cm³/mol. The summed E-state index contributed by atoms with van der Waals surface area (Å²) in [6.07, 6.45) is 0. The molecule has 0 radical (unpaired) electrons. The molecule has 0 saturated carbocycles. The normalized spacial score (nSPS) is 10.8. The number of aromatic nitrogens is 1. The zero-order valence-electron chi connectivity index (χ0n) is 10.2. The molecule has 4 nitrogen and oxygen atoms in total. The second kappa shape index (κ2) is 4.58. The van der Waals surface area contributed by atoms with Crippen molar-refractivity contribution in [3.05, 3.63) is 57.8 Å². The van der Waals surface area contributed by atoms with Gasteiger partial charge in [0, 0.05) is 5.39 Å². The molecule has 0 spiro atoms. The van der Waals surface area contributed by atoms with E-state index < -0.39 is 0 Å². The zero-order chi connectivity index (χ0) is 14.3. The molecule has 0 saturated heterocycles. The second-order valence-corrected chi connectivity index (χ2v) is 4.80. The van der Waals surface area contributed by atoms with Crippen LogP contribution >= 0.6 is 11.6 Å². The van der Waals surface area contributed by atoms with E-state index in [9.17, 15) is 15.0 Å². The lowest BCUT2D eigenvalue weighted by molar-refractivity contribution is 0.475. The molecule has 20 heavy (non-hydrogen) atoms. The molecule has 0 amide bonds. The molecule has 0 atom stereocenters. The zero-order valence-corrected chi connectivity index (χ0v) is 11.0. The number of rotatable bonds is 1. The van der Waals surface area contributed by atoms with Crippen molar-refractivity contribution in [2.24, 2.45) is 0 Å². The highest BCUT2D eigenvalue weighted by atomic mass is 35.5. The fraction of sp³-hybridized carbons (Fsp3) is 0. The lowest BCUT2D eigenvalue weighted by atomic mass is 10.1. The maximum absolute atomic E-state index is 12.1. The molecule has 5 heteroatoms. The number of hydrogen-bond donors (Lipinski definition) is 3. The molecule has 0 fully saturated rings. The van der Waals surface area contributed by atoms with Crippen molar-refractivity contribution in [3.8, 4) is 22.8 Å². The maximum atomic E-state index is 12.1. The Morgan fingerprint density at radius 2 is 1.55 bits per heavy atom. The Kier molecular flexibility index (Phi) is 2.88. The van der Waals surface area contributed by atoms with E-state index in [4.69, 9.17) is 11.6 Å². The van der Waals surface area contributed by atoms with E-state index in [1.54, 1.807) is 18.2 Å². The minimum Gasteiger partial charge on any atom is -0.508 e. The molecule has 3 aromatic rings. The van der Waals surface area contributed by atoms with Gasteiger partial charge in [-0.25, -0.2) is 0 Å². The highest BCUT2D eigenvalue weighted by Crippen LogP contribution is 2.32. The highest BCUT2D eigenvalue weighted by molar-refractivity contribution is 6.37. The predicted octanol–water partition coefficient (Wildman–Crippen LogP) is 3.26. The van der Waals surface area contributed by atoms with Crippen LogP contribution in [0.25, 0.3) is 22.0 Å². The van der Waals surface area contributed by atoms with Gasteiger partial charge in [-0.3, -0.25) is 4.79 Å². The third-order valence-corrected chi connectivity index (χ3v) is 3.49. The van der Waals surface area contributed by atoms with Gasteiger partial charge in [0.1, 0.15) is 11.5 Å². The van der Waals surface area contributed by atoms with Gasteiger partial charge < -0.3 is 15.2 Å². The number of benzene rings is 2. The summed E-state index contributed by atoms with van der Waals surface area (Å²) in [6, 6.07) is 10.8. The summed E-state index contributed by atoms with van der Waals surface area (Å²) in [5.41, 5.74) is 0.845. The number of phenolic OH excluding ortho intramolecular Hbond substituents is 2. The third-order valence-electron chi connectivity index (χ3n) is 3.10. The van der Waals surface area contributed by atoms with Crippen molar-refractivity contribution in [1.29, 1.82) is 0 Å². The van der Waals surface area contributed by atoms with Crippen molar-refractivity contribution in [2.75, 3.05) is 0 Å². The minimum absolute atomic E-state index is 0.0106. The van der Waals surface area contributed by atoms with Gasteiger partial charge >= 0.3 is 0 Å². The number of pyridine rings is 1. The Balaban J connectivity index is 2.33. The van der Waals surface area contributed by atoms with Crippen LogP contribution in [0.3, 0.4) is 0 Å². The summed E-state index contributed by atoms with van der Waals surface area (Å²) in [7, 11) is 0. The van der Waals surface area contributed by atoms with E-state index in [1.165, 1.54) is 24.3 Å². The van der Waals surface area contributed by atoms with Crippen LogP contribution in [0, 0.1) is 0 Å². The topological polar surface area (TPSA) is 73.3 Å². The number of halogens is 1. The number of aromatic amines is 1. The number of nitrogens with one attached hydrogen (secondary N) is 1. The maximum Gasteiger partial charge on any atom is 0.256 e. The van der Waals surface area contributed by atoms with Crippen LogP contribution < -0.4 is 5.56 Å². The Morgan fingerprint density at radius 3 is 2.25 bits per heavy atom. The molecular weight excluding hydrogens is 278 g/mol. The molecule has 1 heterocycles. The van der Waals surface area contributed by atoms with Gasteiger partial charge in [-0.15, -0.1) is 0 Å². The van der Waals surface area contributed by atoms with Crippen molar-refractivity contribution in [2.45, 2.75) is 0 Å². The monoisotopic (exact) mass is 287 g/mol. The first-order valence-electron chi connectivity index (χ1n) is 5.90. The number of H-pyrrole nitrogens is 1. The number of hydrogen-bond acceptors (Lipinski definition) is 3. The lowest BCUT2D eigenvalue weighted by Gasteiger charge is -2.08. The number of fused-ring (bicyclic) bond motifs is 1. The molecule has 0 aliphatic heterocycles. The van der Waals surface area contributed by atoms with Gasteiger partial charge in [-0.2, -0.15) is 0 Å². The van der Waals surface area contributed by atoms with Crippen LogP contribution in [0.5, 0.6) is 11.5 Å². The fourth-order valence-electron chi connectivity index (χ4n) is 2.11. The largest absolute Gasteiger partial charge is 0.508 e. The van der Waals surface area contributed by atoms with Gasteiger partial charge in [-0.1, -0.05) is 11.6 Å². The number of aromatic hydroxyl groups is 2. The van der Waals surface area contributed by atoms with Gasteiger partial charge in [0.25, 0.3) is 5.56 Å². The first kappa shape index (κ1) is 12.6. The fourth-order valence-corrected chi connectivity index (χ4v) is 2.43. The van der Waals surface area contributed by atoms with Crippen molar-refractivity contribution < 1.29 is 10.2 Å². The minimum atomic E-state index is -0.330. The Labute approximate surface area is 118 Å². The van der Waals surface area contributed by atoms with Gasteiger partial charge in [-0.05, 0) is 48.0 Å². The smallest absolute Gasteiger partial charge is 0.256 e. The summed E-state index contributed by atoms with van der Waals surface area (Å²) in [5, 5.41) is 20.0. The SMILES string of the molecule is O=c1[nH]c(-c2ccc(O)cc2)c(Cl)c2ccc(O)cc12. The van der Waals surface area contributed by atoms with Crippen LogP contribution in [0.2, 0.25) is 5.02 Å². The van der Waals surface area contributed by atoms with Crippen LogP contribution in [-0.4, -0.2) is 15.2 Å². The second-order valence-electron chi connectivity index (χ2n) is 4.42. The summed E-state index contributed by atoms with van der Waals surface area (Å²) in [4.78, 5) is 14.8. The Hall–Kier alpha value is -2.46. The molecule has 0 bridgehead atoms. The van der Waals surface area contributed by atoms with Crippen molar-refractivity contribution in [3.63, 3.8) is 0 Å². The standard InChI is InChI=1S/C15H10ClNO3/c16-13-11-6-5-10(19)7-12(11)15(20)17-14(13)8-1-3-9(18)4-2-8/h1-7,18-19H,(H,17,20). The van der Waals surface area contributed by atoms with Crippen LogP contribution in [0.4, 0.5) is 0 Å². The summed E-state index contributed by atoms with van der Waals surface area (Å²) in [5.74, 6) is 0.148. The van der Waals surface area contributed by atoms with E-state index in [2.05, 4.69) is 4.98 Å². The van der Waals surface area contributed by atoms with Gasteiger partial charge in [0.2, 0.25) is 0 Å².